The molecule has 196 valence electrons. The van der Waals surface area contributed by atoms with Gasteiger partial charge in [-0.25, -0.2) is 16.8 Å². The van der Waals surface area contributed by atoms with E-state index in [1.807, 2.05) is 6.07 Å². The smallest absolute Gasteiger partial charge is 0.245 e. The van der Waals surface area contributed by atoms with Gasteiger partial charge in [-0.15, -0.1) is 0 Å². The molecule has 12 heteroatoms. The average Bonchev–Trinajstić information content (AvgIpc) is 2.89. The van der Waals surface area contributed by atoms with Crippen molar-refractivity contribution in [2.75, 3.05) is 48.7 Å². The quantitative estimate of drug-likeness (QED) is 0.439. The van der Waals surface area contributed by atoms with E-state index in [1.165, 1.54) is 28.6 Å². The lowest BCUT2D eigenvalue weighted by atomic mass is 10.2. The first-order valence-corrected chi connectivity index (χ1v) is 14.7. The van der Waals surface area contributed by atoms with Crippen molar-refractivity contribution in [3.05, 3.63) is 78.9 Å². The predicted octanol–water partition coefficient (Wildman–Crippen LogP) is 2.90. The minimum absolute atomic E-state index is 0.0946. The van der Waals surface area contributed by atoms with Gasteiger partial charge in [-0.2, -0.15) is 4.31 Å². The summed E-state index contributed by atoms with van der Waals surface area (Å²) in [7, 11) is -7.53. The molecule has 1 aliphatic rings. The molecule has 3 aromatic rings. The van der Waals surface area contributed by atoms with Crippen LogP contribution < -0.4 is 14.4 Å². The lowest BCUT2D eigenvalue weighted by molar-refractivity contribution is -0.114. The first-order chi connectivity index (χ1) is 17.6. The molecule has 0 atom stereocenters. The van der Waals surface area contributed by atoms with E-state index in [1.54, 1.807) is 48.5 Å². The molecule has 10 nitrogen and oxygen atoms in total. The monoisotopic (exact) mass is 545 g/mol. The van der Waals surface area contributed by atoms with Crippen molar-refractivity contribution in [3.8, 4) is 11.5 Å². The highest BCUT2D eigenvalue weighted by atomic mass is 32.2. The number of nitrogens with one attached hydrogen (secondary N) is 1. The highest BCUT2D eigenvalue weighted by molar-refractivity contribution is 7.92. The normalized spacial score (nSPS) is 14.6. The largest absolute Gasteiger partial charge is 0.455 e. The van der Waals surface area contributed by atoms with E-state index >= 15 is 0 Å². The fourth-order valence-corrected chi connectivity index (χ4v) is 5.99. The van der Waals surface area contributed by atoms with Gasteiger partial charge in [-0.05, 0) is 48.5 Å². The molecule has 0 spiro atoms. The summed E-state index contributed by atoms with van der Waals surface area (Å²) in [6.45, 7) is 0.713. The summed E-state index contributed by atoms with van der Waals surface area (Å²) >= 11 is 0. The van der Waals surface area contributed by atoms with Gasteiger partial charge in [0.05, 0.1) is 30.1 Å². The molecule has 0 aromatic heterocycles. The van der Waals surface area contributed by atoms with Crippen LogP contribution in [0.25, 0.3) is 0 Å². The summed E-state index contributed by atoms with van der Waals surface area (Å²) in [6.07, 6.45) is 1.00. The van der Waals surface area contributed by atoms with Gasteiger partial charge in [-0.3, -0.25) is 9.10 Å². The van der Waals surface area contributed by atoms with Crippen LogP contribution in [0.2, 0.25) is 0 Å². The van der Waals surface area contributed by atoms with Crippen LogP contribution in [0, 0.1) is 0 Å². The first kappa shape index (κ1) is 26.6. The minimum Gasteiger partial charge on any atom is -0.455 e. The number of carbonyl (C=O) groups is 1. The van der Waals surface area contributed by atoms with Crippen LogP contribution in [0.5, 0.6) is 11.5 Å². The molecule has 1 amide bonds. The first-order valence-electron chi connectivity index (χ1n) is 11.4. The number of ether oxygens (including phenoxy) is 2. The standard InChI is InChI=1S/C25H27N3O7S2/c1-36(30,31)28(23-9-5-6-10-24(23)35-21-7-3-2-4-8-21)19-25(29)26-20-11-13-22(14-12-20)37(32,33)27-15-17-34-18-16-27/h2-14H,15-19H2,1H3,(H,26,29). The molecule has 0 aliphatic carbocycles. The third-order valence-corrected chi connectivity index (χ3v) is 8.58. The van der Waals surface area contributed by atoms with E-state index < -0.39 is 32.5 Å². The SMILES string of the molecule is CS(=O)(=O)N(CC(=O)Nc1ccc(S(=O)(=O)N2CCOCC2)cc1)c1ccccc1Oc1ccccc1. The van der Waals surface area contributed by atoms with Crippen molar-refractivity contribution in [1.82, 2.24) is 4.31 Å². The van der Waals surface area contributed by atoms with E-state index in [0.717, 1.165) is 10.6 Å². The molecule has 1 fully saturated rings. The Morgan fingerprint density at radius 1 is 0.919 bits per heavy atom. The molecule has 1 aliphatic heterocycles. The Bertz CT molecular complexity index is 1440. The van der Waals surface area contributed by atoms with Crippen molar-refractivity contribution < 1.29 is 31.1 Å². The topological polar surface area (TPSA) is 122 Å². The van der Waals surface area contributed by atoms with Gasteiger partial charge in [-0.1, -0.05) is 30.3 Å². The van der Waals surface area contributed by atoms with Crippen molar-refractivity contribution in [1.29, 1.82) is 0 Å². The van der Waals surface area contributed by atoms with Crippen LogP contribution in [0.15, 0.2) is 83.8 Å². The Balaban J connectivity index is 1.49. The summed E-state index contributed by atoms with van der Waals surface area (Å²) in [6, 6.07) is 21.1. The summed E-state index contributed by atoms with van der Waals surface area (Å²) in [4.78, 5) is 12.9. The highest BCUT2D eigenvalue weighted by Gasteiger charge is 2.27. The molecule has 0 radical (unpaired) electrons. The van der Waals surface area contributed by atoms with Crippen LogP contribution in [0.4, 0.5) is 11.4 Å². The fraction of sp³-hybridized carbons (Fsp3) is 0.240. The predicted molar refractivity (Wildman–Crippen MR) is 140 cm³/mol. The third kappa shape index (κ3) is 6.66. The molecule has 1 saturated heterocycles. The Kier molecular flexibility index (Phi) is 8.13. The lowest BCUT2D eigenvalue weighted by Crippen LogP contribution is -2.40. The molecule has 0 bridgehead atoms. The third-order valence-electron chi connectivity index (χ3n) is 5.54. The van der Waals surface area contributed by atoms with E-state index in [0.29, 0.717) is 24.7 Å². The zero-order valence-electron chi connectivity index (χ0n) is 20.1. The van der Waals surface area contributed by atoms with E-state index in [4.69, 9.17) is 9.47 Å². The Hall–Kier alpha value is -3.45. The van der Waals surface area contributed by atoms with E-state index in [2.05, 4.69) is 5.32 Å². The molecule has 3 aromatic carbocycles. The van der Waals surface area contributed by atoms with Crippen LogP contribution in [-0.4, -0.2) is 66.2 Å². The van der Waals surface area contributed by atoms with Gasteiger partial charge in [0, 0.05) is 18.8 Å². The van der Waals surface area contributed by atoms with Crippen LogP contribution >= 0.6 is 0 Å². The Labute approximate surface area is 216 Å². The second kappa shape index (κ2) is 11.3. The molecule has 4 rings (SSSR count). The number of carbonyl (C=O) groups excluding carboxylic acids is 1. The molecule has 37 heavy (non-hydrogen) atoms. The van der Waals surface area contributed by atoms with Crippen LogP contribution in [0.1, 0.15) is 0 Å². The van der Waals surface area contributed by atoms with Crippen molar-refractivity contribution >= 4 is 37.3 Å². The van der Waals surface area contributed by atoms with E-state index in [-0.39, 0.29) is 29.4 Å². The zero-order chi connectivity index (χ0) is 26.5. The van der Waals surface area contributed by atoms with Crippen molar-refractivity contribution in [2.24, 2.45) is 0 Å². The summed E-state index contributed by atoms with van der Waals surface area (Å²) in [5.41, 5.74) is 0.532. The number of anilines is 2. The summed E-state index contributed by atoms with van der Waals surface area (Å²) in [5.74, 6) is 0.174. The van der Waals surface area contributed by atoms with Gasteiger partial charge < -0.3 is 14.8 Å². The Morgan fingerprint density at radius 3 is 2.19 bits per heavy atom. The van der Waals surface area contributed by atoms with Gasteiger partial charge in [0.1, 0.15) is 12.3 Å². The molecule has 0 unspecified atom stereocenters. The molecule has 0 saturated carbocycles. The van der Waals surface area contributed by atoms with Gasteiger partial charge >= 0.3 is 0 Å². The number of rotatable bonds is 9. The number of amides is 1. The second-order valence-electron chi connectivity index (χ2n) is 8.24. The maximum Gasteiger partial charge on any atom is 0.245 e. The number of benzene rings is 3. The van der Waals surface area contributed by atoms with Crippen molar-refractivity contribution in [2.45, 2.75) is 4.90 Å². The minimum atomic E-state index is -3.86. The lowest BCUT2D eigenvalue weighted by Gasteiger charge is -2.26. The maximum atomic E-state index is 12.8. The molecular formula is C25H27N3O7S2. The number of hydrogen-bond donors (Lipinski definition) is 1. The summed E-state index contributed by atoms with van der Waals surface area (Å²) < 4.78 is 64.3. The molecule has 1 heterocycles. The highest BCUT2D eigenvalue weighted by Crippen LogP contribution is 2.33. The summed E-state index contributed by atoms with van der Waals surface area (Å²) in [5, 5.41) is 2.63. The number of hydrogen-bond acceptors (Lipinski definition) is 7. The number of nitrogens with zero attached hydrogens (tertiary/aromatic N) is 2. The van der Waals surface area contributed by atoms with Crippen LogP contribution in [0.3, 0.4) is 0 Å². The Morgan fingerprint density at radius 2 is 1.54 bits per heavy atom. The van der Waals surface area contributed by atoms with Gasteiger partial charge in [0.2, 0.25) is 26.0 Å². The second-order valence-corrected chi connectivity index (χ2v) is 12.1. The van der Waals surface area contributed by atoms with Crippen molar-refractivity contribution in [3.63, 3.8) is 0 Å². The number of sulfonamides is 2. The fourth-order valence-electron chi connectivity index (χ4n) is 3.72. The van der Waals surface area contributed by atoms with Crippen LogP contribution in [-0.2, 0) is 29.6 Å². The van der Waals surface area contributed by atoms with Gasteiger partial charge in [0.15, 0.2) is 5.75 Å². The molecular weight excluding hydrogens is 518 g/mol. The zero-order valence-corrected chi connectivity index (χ0v) is 21.7. The van der Waals surface area contributed by atoms with Gasteiger partial charge in [0.25, 0.3) is 0 Å². The average molecular weight is 546 g/mol. The van der Waals surface area contributed by atoms with E-state index in [9.17, 15) is 21.6 Å². The molecule has 1 N–H and O–H groups in total. The maximum absolute atomic E-state index is 12.8. The number of morpholine rings is 1. The number of para-hydroxylation sites is 3.